The molecule has 0 saturated heterocycles. The first-order valence-electron chi connectivity index (χ1n) is 14.2. The number of Topliss-reactive ketones (excluding diaryl/α,β-unsaturated/α-hetero) is 1. The highest BCUT2D eigenvalue weighted by Gasteiger charge is 2.43. The van der Waals surface area contributed by atoms with Crippen LogP contribution in [-0.2, 0) is 31.1 Å². The number of benzene rings is 2. The minimum Gasteiger partial charge on any atom is -0.320 e. The number of hydrogen-bond acceptors (Lipinski definition) is 5. The highest BCUT2D eigenvalue weighted by Crippen LogP contribution is 2.47. The third-order valence-corrected chi connectivity index (χ3v) is 9.37. The average Bonchev–Trinajstić information content (AvgIpc) is 3.45. The average molecular weight is 566 g/mol. The largest absolute Gasteiger partial charge is 0.416 e. The number of amides is 1. The first-order valence-corrected chi connectivity index (χ1v) is 14.2. The number of halogens is 3. The van der Waals surface area contributed by atoms with Gasteiger partial charge >= 0.3 is 6.18 Å². The Morgan fingerprint density at radius 2 is 1.95 bits per heavy atom. The monoisotopic (exact) mass is 565 g/mol. The molecule has 2 fully saturated rings. The SMILES string of the molecule is CC(=O)C1CC([C@H](c2cccc(N3Cc4c(cc(CNC5(C)CCC5)cc4C(F)(F)F)C3=O)c2)c2nncn2C)C1. The van der Waals surface area contributed by atoms with Crippen molar-refractivity contribution in [1.82, 2.24) is 20.1 Å². The van der Waals surface area contributed by atoms with Crippen LogP contribution in [0.15, 0.2) is 42.7 Å². The number of hydrogen-bond donors (Lipinski definition) is 1. The standard InChI is InChI=1S/C31H34F3N5O2/c1-18(40)21-12-22(13-21)27(28-37-36-17-38(28)3)20-6-4-7-23(14-20)39-16-25-24(29(39)41)10-19(11-26(25)31(32,33)34)15-35-30(2)8-5-9-30/h4,6-7,10-11,14,17,21-22,27,35H,5,8-9,12-13,15-16H2,1-3H3/t21?,22?,27-/m0/s1. The fourth-order valence-electron chi connectivity index (χ4n) is 6.59. The molecule has 1 aromatic heterocycles. The van der Waals surface area contributed by atoms with Crippen molar-refractivity contribution in [3.05, 3.63) is 76.4 Å². The van der Waals surface area contributed by atoms with Gasteiger partial charge in [0.05, 0.1) is 12.1 Å². The van der Waals surface area contributed by atoms with Crippen LogP contribution in [0.5, 0.6) is 0 Å². The molecule has 10 heteroatoms. The Morgan fingerprint density at radius 3 is 2.56 bits per heavy atom. The summed E-state index contributed by atoms with van der Waals surface area (Å²) < 4.78 is 44.5. The molecule has 0 bridgehead atoms. The van der Waals surface area contributed by atoms with E-state index in [2.05, 4.69) is 22.4 Å². The summed E-state index contributed by atoms with van der Waals surface area (Å²) in [6.45, 7) is 3.81. The van der Waals surface area contributed by atoms with Crippen molar-refractivity contribution < 1.29 is 22.8 Å². The van der Waals surface area contributed by atoms with Crippen molar-refractivity contribution in [2.24, 2.45) is 18.9 Å². The molecule has 2 aromatic carbocycles. The third-order valence-electron chi connectivity index (χ3n) is 9.37. The number of carbonyl (C=O) groups excluding carboxylic acids is 2. The highest BCUT2D eigenvalue weighted by molar-refractivity contribution is 6.10. The molecule has 0 spiro atoms. The number of ketones is 1. The third kappa shape index (κ3) is 5.07. The van der Waals surface area contributed by atoms with E-state index in [4.69, 9.17) is 0 Å². The van der Waals surface area contributed by atoms with E-state index >= 15 is 0 Å². The Labute approximate surface area is 237 Å². The summed E-state index contributed by atoms with van der Waals surface area (Å²) in [7, 11) is 1.87. The molecular formula is C31H34F3N5O2. The van der Waals surface area contributed by atoms with Crippen molar-refractivity contribution in [2.75, 3.05) is 4.90 Å². The zero-order chi connectivity index (χ0) is 29.1. The zero-order valence-corrected chi connectivity index (χ0v) is 23.5. The lowest BCUT2D eigenvalue weighted by Gasteiger charge is -2.39. The molecule has 2 heterocycles. The number of aromatic nitrogens is 3. The lowest BCUT2D eigenvalue weighted by molar-refractivity contribution is -0.138. The van der Waals surface area contributed by atoms with Gasteiger partial charge in [-0.15, -0.1) is 10.2 Å². The number of aryl methyl sites for hydroxylation is 1. The first kappa shape index (κ1) is 27.6. The van der Waals surface area contributed by atoms with Gasteiger partial charge in [-0.2, -0.15) is 13.2 Å². The van der Waals surface area contributed by atoms with Crippen LogP contribution in [0.2, 0.25) is 0 Å². The lowest BCUT2D eigenvalue weighted by atomic mass is 9.65. The number of nitrogens with zero attached hydrogens (tertiary/aromatic N) is 4. The maximum absolute atomic E-state index is 14.2. The number of nitrogens with one attached hydrogen (secondary N) is 1. The van der Waals surface area contributed by atoms with Crippen LogP contribution in [0.4, 0.5) is 18.9 Å². The number of alkyl halides is 3. The van der Waals surface area contributed by atoms with E-state index < -0.39 is 17.6 Å². The molecule has 1 amide bonds. The Morgan fingerprint density at radius 1 is 1.20 bits per heavy atom. The van der Waals surface area contributed by atoms with Gasteiger partial charge in [0.25, 0.3) is 5.91 Å². The minimum absolute atomic E-state index is 0.0136. The molecule has 216 valence electrons. The fraction of sp³-hybridized carbons (Fsp3) is 0.484. The van der Waals surface area contributed by atoms with Crippen LogP contribution in [0.1, 0.15) is 90.3 Å². The van der Waals surface area contributed by atoms with E-state index in [-0.39, 0.29) is 53.3 Å². The van der Waals surface area contributed by atoms with Crippen LogP contribution in [-0.4, -0.2) is 32.0 Å². The molecule has 2 saturated carbocycles. The summed E-state index contributed by atoms with van der Waals surface area (Å²) in [4.78, 5) is 27.0. The molecule has 3 aliphatic rings. The maximum Gasteiger partial charge on any atom is 0.416 e. The predicted octanol–water partition coefficient (Wildman–Crippen LogP) is 5.77. The number of fused-ring (bicyclic) bond motifs is 1. The van der Waals surface area contributed by atoms with Gasteiger partial charge in [-0.25, -0.2) is 0 Å². The van der Waals surface area contributed by atoms with Gasteiger partial charge < -0.3 is 14.8 Å². The van der Waals surface area contributed by atoms with Gasteiger partial charge in [0, 0.05) is 42.2 Å². The number of anilines is 1. The lowest BCUT2D eigenvalue weighted by Crippen LogP contribution is -2.47. The molecular weight excluding hydrogens is 531 g/mol. The zero-order valence-electron chi connectivity index (χ0n) is 23.5. The van der Waals surface area contributed by atoms with Crippen LogP contribution < -0.4 is 10.2 Å². The Balaban J connectivity index is 1.32. The normalized spacial score (nSPS) is 22.2. The van der Waals surface area contributed by atoms with Gasteiger partial charge in [-0.1, -0.05) is 12.1 Å². The fourth-order valence-corrected chi connectivity index (χ4v) is 6.59. The first-order chi connectivity index (χ1) is 19.4. The van der Waals surface area contributed by atoms with E-state index in [9.17, 15) is 22.8 Å². The van der Waals surface area contributed by atoms with Gasteiger partial charge in [0.15, 0.2) is 0 Å². The predicted molar refractivity (Wildman–Crippen MR) is 147 cm³/mol. The van der Waals surface area contributed by atoms with E-state index in [0.717, 1.165) is 43.5 Å². The van der Waals surface area contributed by atoms with Gasteiger partial charge in [0.2, 0.25) is 0 Å². The molecule has 1 N–H and O–H groups in total. The van der Waals surface area contributed by atoms with Crippen LogP contribution in [0.3, 0.4) is 0 Å². The second kappa shape index (κ2) is 10.1. The topological polar surface area (TPSA) is 80.1 Å². The van der Waals surface area contributed by atoms with Crippen molar-refractivity contribution in [1.29, 1.82) is 0 Å². The van der Waals surface area contributed by atoms with Crippen molar-refractivity contribution in [2.45, 2.75) is 76.7 Å². The maximum atomic E-state index is 14.2. The molecule has 6 rings (SSSR count). The Kier molecular flexibility index (Phi) is 6.79. The Hall–Kier alpha value is -3.53. The summed E-state index contributed by atoms with van der Waals surface area (Å²) >= 11 is 0. The van der Waals surface area contributed by atoms with Crippen molar-refractivity contribution in [3.63, 3.8) is 0 Å². The molecule has 41 heavy (non-hydrogen) atoms. The Bertz CT molecular complexity index is 1500. The summed E-state index contributed by atoms with van der Waals surface area (Å²) in [5.74, 6) is 0.512. The number of carbonyl (C=O) groups is 2. The molecule has 0 radical (unpaired) electrons. The van der Waals surface area contributed by atoms with Crippen LogP contribution in [0, 0.1) is 11.8 Å². The summed E-state index contributed by atoms with van der Waals surface area (Å²) in [5, 5.41) is 11.8. The summed E-state index contributed by atoms with van der Waals surface area (Å²) in [5.41, 5.74) is 1.18. The van der Waals surface area contributed by atoms with E-state index in [1.165, 1.54) is 11.0 Å². The molecule has 3 aromatic rings. The van der Waals surface area contributed by atoms with Crippen molar-refractivity contribution >= 4 is 17.4 Å². The molecule has 1 atom stereocenters. The number of rotatable bonds is 8. The second-order valence-electron chi connectivity index (χ2n) is 12.2. The minimum atomic E-state index is -4.58. The molecule has 7 nitrogen and oxygen atoms in total. The van der Waals surface area contributed by atoms with Crippen molar-refractivity contribution in [3.8, 4) is 0 Å². The quantitative estimate of drug-likeness (QED) is 0.375. The van der Waals surface area contributed by atoms with Crippen LogP contribution in [0.25, 0.3) is 0 Å². The molecule has 0 unspecified atom stereocenters. The van der Waals surface area contributed by atoms with E-state index in [1.807, 2.05) is 29.8 Å². The van der Waals surface area contributed by atoms with E-state index in [0.29, 0.717) is 11.3 Å². The summed E-state index contributed by atoms with van der Waals surface area (Å²) in [6.07, 6.45) is 1.59. The molecule has 1 aliphatic heterocycles. The highest BCUT2D eigenvalue weighted by atomic mass is 19.4. The van der Waals surface area contributed by atoms with E-state index in [1.54, 1.807) is 25.4 Å². The van der Waals surface area contributed by atoms with Gasteiger partial charge in [-0.05, 0) is 92.8 Å². The van der Waals surface area contributed by atoms with Crippen LogP contribution >= 0.6 is 0 Å². The van der Waals surface area contributed by atoms with Gasteiger partial charge in [0.1, 0.15) is 17.9 Å². The van der Waals surface area contributed by atoms with Gasteiger partial charge in [-0.3, -0.25) is 9.59 Å². The smallest absolute Gasteiger partial charge is 0.320 e. The summed E-state index contributed by atoms with van der Waals surface area (Å²) in [6, 6.07) is 10.2. The molecule has 2 aliphatic carbocycles. The second-order valence-corrected chi connectivity index (χ2v) is 12.2.